The minimum Gasteiger partial charge on any atom is -0.310 e. The summed E-state index contributed by atoms with van der Waals surface area (Å²) in [6.07, 6.45) is 0.998. The molecule has 0 saturated heterocycles. The van der Waals surface area contributed by atoms with E-state index in [1.807, 2.05) is 0 Å². The minimum absolute atomic E-state index is 0.0339. The summed E-state index contributed by atoms with van der Waals surface area (Å²) in [6.45, 7) is 16.3. The van der Waals surface area contributed by atoms with Crippen LogP contribution in [0.4, 0.5) is 34.1 Å². The number of rotatable bonds is 11. The average molecular weight is 931 g/mol. The molecule has 0 radical (unpaired) electrons. The molecule has 0 saturated carbocycles. The second kappa shape index (κ2) is 18.9. The van der Waals surface area contributed by atoms with Crippen molar-refractivity contribution in [2.24, 2.45) is 0 Å². The van der Waals surface area contributed by atoms with Crippen molar-refractivity contribution in [2.75, 3.05) is 9.80 Å². The van der Waals surface area contributed by atoms with E-state index in [-0.39, 0.29) is 10.8 Å². The van der Waals surface area contributed by atoms with Gasteiger partial charge in [-0.25, -0.2) is 0 Å². The van der Waals surface area contributed by atoms with E-state index in [9.17, 15) is 0 Å². The van der Waals surface area contributed by atoms with Gasteiger partial charge in [-0.2, -0.15) is 0 Å². The lowest BCUT2D eigenvalue weighted by atomic mass is 9.75. The van der Waals surface area contributed by atoms with E-state index >= 15 is 0 Å². The van der Waals surface area contributed by atoms with Crippen LogP contribution in [-0.4, -0.2) is 0 Å². The fourth-order valence-corrected chi connectivity index (χ4v) is 11.7. The fraction of sp³-hybridized carbons (Fsp3) is 0.143. The Morgan fingerprint density at radius 3 is 0.944 bits per heavy atom. The summed E-state index contributed by atoms with van der Waals surface area (Å²) in [5, 5.41) is 0. The lowest BCUT2D eigenvalue weighted by molar-refractivity contribution is 0.425. The Balaban J connectivity index is 1.01. The van der Waals surface area contributed by atoms with Gasteiger partial charge in [-0.05, 0) is 196 Å². The Bertz CT molecular complexity index is 3380. The molecule has 0 aromatic heterocycles. The van der Waals surface area contributed by atoms with Gasteiger partial charge >= 0.3 is 0 Å². The van der Waals surface area contributed by atoms with Crippen molar-refractivity contribution in [3.05, 3.63) is 276 Å². The van der Waals surface area contributed by atoms with Gasteiger partial charge in [-0.3, -0.25) is 0 Å². The van der Waals surface area contributed by atoms with Crippen LogP contribution in [0.1, 0.15) is 66.1 Å². The maximum atomic E-state index is 2.51. The zero-order valence-electron chi connectivity index (χ0n) is 42.6. The van der Waals surface area contributed by atoms with Crippen molar-refractivity contribution in [3.63, 3.8) is 0 Å². The summed E-state index contributed by atoms with van der Waals surface area (Å²) in [4.78, 5) is 4.96. The third-order valence-electron chi connectivity index (χ3n) is 15.3. The first-order valence-electron chi connectivity index (χ1n) is 25.5. The van der Waals surface area contributed by atoms with E-state index in [1.165, 1.54) is 106 Å². The molecule has 352 valence electrons. The number of benzene rings is 10. The normalized spacial score (nSPS) is 14.7. The zero-order valence-corrected chi connectivity index (χ0v) is 42.6. The molecule has 0 bridgehead atoms. The van der Waals surface area contributed by atoms with E-state index in [0.29, 0.717) is 0 Å². The highest BCUT2D eigenvalue weighted by molar-refractivity contribution is 5.86. The van der Waals surface area contributed by atoms with Crippen LogP contribution < -0.4 is 9.80 Å². The first-order chi connectivity index (χ1) is 34.9. The average Bonchev–Trinajstić information content (AvgIpc) is 3.63. The van der Waals surface area contributed by atoms with Gasteiger partial charge in [0.2, 0.25) is 0 Å². The summed E-state index contributed by atoms with van der Waals surface area (Å²) < 4.78 is 0. The number of anilines is 6. The monoisotopic (exact) mass is 930 g/mol. The summed E-state index contributed by atoms with van der Waals surface area (Å²) >= 11 is 0. The topological polar surface area (TPSA) is 6.48 Å². The van der Waals surface area contributed by atoms with E-state index < -0.39 is 0 Å². The number of fused-ring (bicyclic) bond motifs is 1. The first kappa shape index (κ1) is 46.2. The van der Waals surface area contributed by atoms with Crippen LogP contribution in [0, 0.1) is 27.7 Å². The molecule has 0 amide bonds. The molecular weight excluding hydrogens is 869 g/mol. The van der Waals surface area contributed by atoms with Gasteiger partial charge in [0.25, 0.3) is 0 Å². The van der Waals surface area contributed by atoms with Crippen LogP contribution in [0.25, 0.3) is 44.5 Å². The fourth-order valence-electron chi connectivity index (χ4n) is 11.7. The van der Waals surface area contributed by atoms with Crippen molar-refractivity contribution >= 4 is 34.1 Å². The van der Waals surface area contributed by atoms with Crippen molar-refractivity contribution in [2.45, 2.75) is 65.7 Å². The zero-order chi connectivity index (χ0) is 49.6. The van der Waals surface area contributed by atoms with Gasteiger partial charge in [-0.1, -0.05) is 185 Å². The van der Waals surface area contributed by atoms with Crippen molar-refractivity contribution in [1.82, 2.24) is 0 Å². The molecule has 72 heavy (non-hydrogen) atoms. The molecule has 2 heteroatoms. The Labute approximate surface area is 427 Å². The molecule has 10 aromatic rings. The largest absolute Gasteiger partial charge is 0.310 e. The highest BCUT2D eigenvalue weighted by Crippen LogP contribution is 2.55. The van der Waals surface area contributed by atoms with Gasteiger partial charge in [0, 0.05) is 39.5 Å². The Kier molecular flexibility index (Phi) is 12.1. The molecule has 0 spiro atoms. The molecule has 2 nitrogen and oxygen atoms in total. The highest BCUT2D eigenvalue weighted by Gasteiger charge is 2.46. The number of hydrogen-bond acceptors (Lipinski definition) is 2. The smallest absolute Gasteiger partial charge is 0.0491 e. The molecule has 1 unspecified atom stereocenters. The predicted octanol–water partition coefficient (Wildman–Crippen LogP) is 19.5. The van der Waals surface area contributed by atoms with Crippen LogP contribution in [0.2, 0.25) is 0 Å². The van der Waals surface area contributed by atoms with E-state index in [0.717, 1.165) is 17.8 Å². The maximum absolute atomic E-state index is 2.51. The highest BCUT2D eigenvalue weighted by atomic mass is 15.2. The summed E-state index contributed by atoms with van der Waals surface area (Å²) in [7, 11) is 0. The predicted molar refractivity (Wildman–Crippen MR) is 307 cm³/mol. The minimum atomic E-state index is -0.247. The Morgan fingerprint density at radius 2 is 0.611 bits per heavy atom. The van der Waals surface area contributed by atoms with Crippen molar-refractivity contribution in [3.8, 4) is 44.5 Å². The van der Waals surface area contributed by atoms with Gasteiger partial charge in [-0.15, -0.1) is 0 Å². The summed E-state index contributed by atoms with van der Waals surface area (Å²) in [5.41, 5.74) is 25.5. The molecule has 0 fully saturated rings. The van der Waals surface area contributed by atoms with Gasteiger partial charge in [0.15, 0.2) is 0 Å². The molecule has 0 aliphatic heterocycles. The molecule has 1 aliphatic rings. The van der Waals surface area contributed by atoms with Gasteiger partial charge in [0.05, 0.1) is 0 Å². The molecule has 1 aliphatic carbocycles. The third-order valence-corrected chi connectivity index (χ3v) is 15.3. The molecule has 11 rings (SSSR count). The molecule has 0 heterocycles. The molecule has 0 N–H and O–H groups in total. The molecular formula is C70H62N2. The lowest BCUT2D eigenvalue weighted by Crippen LogP contribution is -2.24. The standard InChI is InChI=1S/C70H62N2/c1-48-42-56(52-20-12-8-13-21-52)28-38-65(48)71(66-39-29-57(43-49(66)2)53-22-14-9-15-23-53)61-34-32-60(33-35-61)70(7)47-69(5,6)63-37-36-62(46-64(63)70)72(67-40-30-58(44-50(67)3)54-24-16-10-17-25-54)68-41-31-59(45-51(68)4)55-26-18-11-19-27-55/h8-46H,47H2,1-7H3. The Morgan fingerprint density at radius 1 is 0.292 bits per heavy atom. The quantitative estimate of drug-likeness (QED) is 0.128. The second-order valence-corrected chi connectivity index (χ2v) is 20.8. The molecule has 1 atom stereocenters. The Hall–Kier alpha value is -8.20. The molecule has 10 aromatic carbocycles. The van der Waals surface area contributed by atoms with E-state index in [1.54, 1.807) is 0 Å². The van der Waals surface area contributed by atoms with Crippen LogP contribution in [0.5, 0.6) is 0 Å². The third kappa shape index (κ3) is 8.62. The van der Waals surface area contributed by atoms with Crippen LogP contribution in [0.15, 0.2) is 237 Å². The van der Waals surface area contributed by atoms with Crippen LogP contribution in [0.3, 0.4) is 0 Å². The first-order valence-corrected chi connectivity index (χ1v) is 25.5. The van der Waals surface area contributed by atoms with E-state index in [4.69, 9.17) is 0 Å². The summed E-state index contributed by atoms with van der Waals surface area (Å²) in [5.74, 6) is 0. The van der Waals surface area contributed by atoms with Crippen LogP contribution in [-0.2, 0) is 10.8 Å². The van der Waals surface area contributed by atoms with E-state index in [2.05, 4.69) is 295 Å². The van der Waals surface area contributed by atoms with Gasteiger partial charge < -0.3 is 9.80 Å². The number of aryl methyl sites for hydroxylation is 4. The SMILES string of the molecule is Cc1cc(-c2ccccc2)ccc1N(c1ccc(C2(C)CC(C)(C)c3ccc(N(c4ccc(-c5ccccc5)cc4C)c4ccc(-c5ccccc5)cc4C)cc32)cc1)c1ccc(-c2ccccc2)cc1C. The van der Waals surface area contributed by atoms with Crippen LogP contribution >= 0.6 is 0 Å². The number of hydrogen-bond donors (Lipinski definition) is 0. The lowest BCUT2D eigenvalue weighted by Gasteiger charge is -2.32. The number of nitrogens with zero attached hydrogens (tertiary/aromatic N) is 2. The second-order valence-electron chi connectivity index (χ2n) is 20.8. The van der Waals surface area contributed by atoms with Gasteiger partial charge in [0.1, 0.15) is 0 Å². The summed E-state index contributed by atoms with van der Waals surface area (Å²) in [6, 6.07) is 87.3. The van der Waals surface area contributed by atoms with Crippen molar-refractivity contribution in [1.29, 1.82) is 0 Å². The maximum Gasteiger partial charge on any atom is 0.0491 e. The van der Waals surface area contributed by atoms with Crippen molar-refractivity contribution < 1.29 is 0 Å².